The maximum Gasteiger partial charge on any atom is 0.0738 e. The van der Waals surface area contributed by atoms with Gasteiger partial charge in [0.1, 0.15) is 0 Å². The van der Waals surface area contributed by atoms with Gasteiger partial charge in [-0.15, -0.1) is 0 Å². The van der Waals surface area contributed by atoms with Gasteiger partial charge in [0.15, 0.2) is 0 Å². The Morgan fingerprint density at radius 1 is 1.38 bits per heavy atom. The minimum absolute atomic E-state index is 0.753. The second-order valence-electron chi connectivity index (χ2n) is 3.65. The molecule has 4 heteroatoms. The summed E-state index contributed by atoms with van der Waals surface area (Å²) in [6, 6.07) is 7.82. The lowest BCUT2D eigenvalue weighted by Crippen LogP contribution is -2.06. The summed E-state index contributed by atoms with van der Waals surface area (Å²) in [5.41, 5.74) is 3.24. The van der Waals surface area contributed by atoms with Crippen LogP contribution in [0.2, 0.25) is 5.02 Å². The van der Waals surface area contributed by atoms with E-state index in [1.807, 2.05) is 49.2 Å². The fraction of sp³-hybridized carbons (Fsp3) is 0.250. The fourth-order valence-electron chi connectivity index (χ4n) is 1.80. The Morgan fingerprint density at radius 2 is 2.12 bits per heavy atom. The van der Waals surface area contributed by atoms with Crippen LogP contribution in [0.5, 0.6) is 0 Å². The van der Waals surface area contributed by atoms with Gasteiger partial charge in [0.2, 0.25) is 0 Å². The number of aromatic nitrogens is 2. The van der Waals surface area contributed by atoms with Gasteiger partial charge in [-0.1, -0.05) is 29.8 Å². The molecule has 1 N–H and O–H groups in total. The van der Waals surface area contributed by atoms with Crippen LogP contribution in [0, 0.1) is 0 Å². The minimum atomic E-state index is 0.753. The molecule has 84 valence electrons. The van der Waals surface area contributed by atoms with Crippen molar-refractivity contribution in [1.29, 1.82) is 0 Å². The highest BCUT2D eigenvalue weighted by Gasteiger charge is 2.12. The quantitative estimate of drug-likeness (QED) is 0.886. The lowest BCUT2D eigenvalue weighted by atomic mass is 10.1. The van der Waals surface area contributed by atoms with E-state index in [1.165, 1.54) is 0 Å². The molecule has 0 spiro atoms. The van der Waals surface area contributed by atoms with Crippen molar-refractivity contribution in [2.45, 2.75) is 6.54 Å². The lowest BCUT2D eigenvalue weighted by Gasteiger charge is -2.07. The van der Waals surface area contributed by atoms with Gasteiger partial charge in [-0.05, 0) is 13.1 Å². The van der Waals surface area contributed by atoms with Gasteiger partial charge in [0.25, 0.3) is 0 Å². The largest absolute Gasteiger partial charge is 0.316 e. The third-order valence-electron chi connectivity index (χ3n) is 2.51. The van der Waals surface area contributed by atoms with E-state index in [2.05, 4.69) is 10.4 Å². The van der Waals surface area contributed by atoms with Crippen molar-refractivity contribution in [3.8, 4) is 11.3 Å². The zero-order valence-electron chi connectivity index (χ0n) is 9.37. The summed E-state index contributed by atoms with van der Waals surface area (Å²) >= 11 is 6.20. The van der Waals surface area contributed by atoms with Crippen molar-refractivity contribution in [3.05, 3.63) is 41.0 Å². The molecule has 2 rings (SSSR count). The van der Waals surface area contributed by atoms with Crippen molar-refractivity contribution in [2.24, 2.45) is 7.05 Å². The summed E-state index contributed by atoms with van der Waals surface area (Å²) in [6.07, 6.45) is 1.87. The van der Waals surface area contributed by atoms with Crippen LogP contribution in [0.25, 0.3) is 11.3 Å². The maximum atomic E-state index is 6.20. The van der Waals surface area contributed by atoms with Gasteiger partial charge >= 0.3 is 0 Å². The van der Waals surface area contributed by atoms with E-state index in [-0.39, 0.29) is 0 Å². The third-order valence-corrected chi connectivity index (χ3v) is 2.84. The van der Waals surface area contributed by atoms with E-state index < -0.39 is 0 Å². The van der Waals surface area contributed by atoms with Gasteiger partial charge in [-0.25, -0.2) is 0 Å². The third kappa shape index (κ3) is 1.96. The normalized spacial score (nSPS) is 10.7. The maximum absolute atomic E-state index is 6.20. The molecule has 0 amide bonds. The molecule has 1 aromatic heterocycles. The van der Waals surface area contributed by atoms with Crippen molar-refractivity contribution < 1.29 is 0 Å². The van der Waals surface area contributed by atoms with Crippen LogP contribution in [0.4, 0.5) is 0 Å². The summed E-state index contributed by atoms with van der Waals surface area (Å²) in [7, 11) is 3.85. The zero-order valence-corrected chi connectivity index (χ0v) is 10.1. The van der Waals surface area contributed by atoms with Crippen LogP contribution in [-0.2, 0) is 13.6 Å². The number of halogens is 1. The summed E-state index contributed by atoms with van der Waals surface area (Å²) in [6.45, 7) is 0.786. The Morgan fingerprint density at radius 3 is 2.81 bits per heavy atom. The first-order valence-corrected chi connectivity index (χ1v) is 5.52. The average Bonchev–Trinajstić information content (AvgIpc) is 2.62. The predicted molar refractivity (Wildman–Crippen MR) is 66.4 cm³/mol. The molecule has 0 radical (unpaired) electrons. The average molecular weight is 236 g/mol. The molecule has 0 aliphatic heterocycles. The summed E-state index contributed by atoms with van der Waals surface area (Å²) < 4.78 is 1.86. The Labute approximate surface area is 100 Å². The van der Waals surface area contributed by atoms with Gasteiger partial charge in [-0.3, -0.25) is 4.68 Å². The molecular formula is C12H14ClN3. The molecule has 0 fully saturated rings. The van der Waals surface area contributed by atoms with Crippen LogP contribution < -0.4 is 5.32 Å². The topological polar surface area (TPSA) is 29.9 Å². The first-order chi connectivity index (χ1) is 7.74. The van der Waals surface area contributed by atoms with Gasteiger partial charge in [-0.2, -0.15) is 5.10 Å². The van der Waals surface area contributed by atoms with Crippen LogP contribution >= 0.6 is 11.6 Å². The van der Waals surface area contributed by atoms with E-state index in [0.29, 0.717) is 0 Å². The molecule has 0 bridgehead atoms. The van der Waals surface area contributed by atoms with E-state index in [1.54, 1.807) is 0 Å². The van der Waals surface area contributed by atoms with Crippen LogP contribution in [0.1, 0.15) is 5.56 Å². The SMILES string of the molecule is CNCc1cnn(C)c1-c1ccccc1Cl. The number of benzene rings is 1. The Kier molecular flexibility index (Phi) is 3.27. The standard InChI is InChI=1S/C12H14ClN3/c1-14-7-9-8-15-16(2)12(9)10-5-3-4-6-11(10)13/h3-6,8,14H,7H2,1-2H3. The molecule has 0 saturated heterocycles. The number of rotatable bonds is 3. The van der Waals surface area contributed by atoms with Crippen LogP contribution in [0.3, 0.4) is 0 Å². The highest BCUT2D eigenvalue weighted by molar-refractivity contribution is 6.33. The first kappa shape index (κ1) is 11.2. The molecular weight excluding hydrogens is 222 g/mol. The molecule has 16 heavy (non-hydrogen) atoms. The first-order valence-electron chi connectivity index (χ1n) is 5.14. The Bertz CT molecular complexity index is 491. The second-order valence-corrected chi connectivity index (χ2v) is 4.06. The Balaban J connectivity index is 2.54. The Hall–Kier alpha value is -1.32. The van der Waals surface area contributed by atoms with Gasteiger partial charge in [0.05, 0.1) is 11.9 Å². The summed E-state index contributed by atoms with van der Waals surface area (Å²) in [4.78, 5) is 0. The number of hydrogen-bond donors (Lipinski definition) is 1. The number of hydrogen-bond acceptors (Lipinski definition) is 2. The van der Waals surface area contributed by atoms with E-state index >= 15 is 0 Å². The van der Waals surface area contributed by atoms with Gasteiger partial charge in [0, 0.05) is 29.7 Å². The minimum Gasteiger partial charge on any atom is -0.316 e. The molecule has 3 nitrogen and oxygen atoms in total. The molecule has 0 aliphatic carbocycles. The summed E-state index contributed by atoms with van der Waals surface area (Å²) in [5, 5.41) is 8.15. The zero-order chi connectivity index (χ0) is 11.5. The number of aryl methyl sites for hydroxylation is 1. The van der Waals surface area contributed by atoms with Crippen LogP contribution in [-0.4, -0.2) is 16.8 Å². The van der Waals surface area contributed by atoms with E-state index in [0.717, 1.165) is 28.4 Å². The molecule has 1 aromatic carbocycles. The molecule has 0 unspecified atom stereocenters. The summed E-state index contributed by atoms with van der Waals surface area (Å²) in [5.74, 6) is 0. The molecule has 0 atom stereocenters. The second kappa shape index (κ2) is 4.68. The van der Waals surface area contributed by atoms with E-state index in [4.69, 9.17) is 11.6 Å². The predicted octanol–water partition coefficient (Wildman–Crippen LogP) is 2.46. The molecule has 0 saturated carbocycles. The highest BCUT2D eigenvalue weighted by Crippen LogP contribution is 2.29. The van der Waals surface area contributed by atoms with E-state index in [9.17, 15) is 0 Å². The number of nitrogens with zero attached hydrogens (tertiary/aromatic N) is 2. The fourth-order valence-corrected chi connectivity index (χ4v) is 2.03. The smallest absolute Gasteiger partial charge is 0.0738 e. The monoisotopic (exact) mass is 235 g/mol. The highest BCUT2D eigenvalue weighted by atomic mass is 35.5. The molecule has 2 aromatic rings. The molecule has 0 aliphatic rings. The van der Waals surface area contributed by atoms with Crippen LogP contribution in [0.15, 0.2) is 30.5 Å². The van der Waals surface area contributed by atoms with Crippen molar-refractivity contribution in [2.75, 3.05) is 7.05 Å². The van der Waals surface area contributed by atoms with Crippen molar-refractivity contribution >= 4 is 11.6 Å². The number of nitrogens with one attached hydrogen (secondary N) is 1. The van der Waals surface area contributed by atoms with Crippen molar-refractivity contribution in [1.82, 2.24) is 15.1 Å². The van der Waals surface area contributed by atoms with Crippen molar-refractivity contribution in [3.63, 3.8) is 0 Å². The lowest BCUT2D eigenvalue weighted by molar-refractivity contribution is 0.773. The molecule has 1 heterocycles. The van der Waals surface area contributed by atoms with Gasteiger partial charge < -0.3 is 5.32 Å².